The van der Waals surface area contributed by atoms with Crippen LogP contribution in [0.3, 0.4) is 0 Å². The lowest BCUT2D eigenvalue weighted by molar-refractivity contribution is -0.138. The Kier molecular flexibility index (Phi) is 3.63. The van der Waals surface area contributed by atoms with Gasteiger partial charge in [-0.25, -0.2) is 4.79 Å². The lowest BCUT2D eigenvalue weighted by atomic mass is 10.1. The highest BCUT2D eigenvalue weighted by molar-refractivity contribution is 5.82. The molecule has 22 heavy (non-hydrogen) atoms. The first-order valence-corrected chi connectivity index (χ1v) is 7.10. The number of hydrogen-bond acceptors (Lipinski definition) is 4. The molecule has 1 heterocycles. The van der Waals surface area contributed by atoms with Crippen LogP contribution in [-0.4, -0.2) is 24.2 Å². The van der Waals surface area contributed by atoms with Crippen LogP contribution in [0.2, 0.25) is 0 Å². The van der Waals surface area contributed by atoms with Crippen molar-refractivity contribution < 1.29 is 14.6 Å². The van der Waals surface area contributed by atoms with Crippen LogP contribution in [0.25, 0.3) is 0 Å². The monoisotopic (exact) mass is 298 g/mol. The Morgan fingerprint density at radius 3 is 2.73 bits per heavy atom. The Hall–Kier alpha value is -2.69. The second-order valence-electron chi connectivity index (χ2n) is 5.49. The van der Waals surface area contributed by atoms with E-state index in [0.717, 1.165) is 28.3 Å². The van der Waals surface area contributed by atoms with Crippen molar-refractivity contribution in [3.8, 4) is 5.75 Å². The van der Waals surface area contributed by atoms with Crippen LogP contribution < -0.4 is 15.4 Å². The zero-order valence-corrected chi connectivity index (χ0v) is 12.3. The molecule has 1 aliphatic rings. The van der Waals surface area contributed by atoms with Crippen molar-refractivity contribution in [1.82, 2.24) is 0 Å². The maximum Gasteiger partial charge on any atom is 0.326 e. The lowest BCUT2D eigenvalue weighted by Gasteiger charge is -2.18. The quantitative estimate of drug-likeness (QED) is 0.847. The number of likely N-dealkylation sites (N-methyl/N-ethyl adjacent to an activating group) is 1. The fourth-order valence-electron chi connectivity index (χ4n) is 2.71. The van der Waals surface area contributed by atoms with E-state index in [1.54, 1.807) is 11.9 Å². The minimum absolute atomic E-state index is 0.456. The number of carbonyl (C=O) groups is 1. The number of benzene rings is 2. The van der Waals surface area contributed by atoms with Gasteiger partial charge in [-0.05, 0) is 41.5 Å². The maximum atomic E-state index is 11.2. The number of anilines is 2. The summed E-state index contributed by atoms with van der Waals surface area (Å²) in [6.45, 7) is 0.456. The Balaban J connectivity index is 1.71. The van der Waals surface area contributed by atoms with Crippen LogP contribution in [0, 0.1) is 0 Å². The van der Waals surface area contributed by atoms with E-state index < -0.39 is 12.0 Å². The first-order valence-electron chi connectivity index (χ1n) is 7.10. The molecule has 3 N–H and O–H groups in total. The molecule has 5 nitrogen and oxygen atoms in total. The molecule has 0 fully saturated rings. The van der Waals surface area contributed by atoms with Crippen LogP contribution in [0.4, 0.5) is 11.4 Å². The predicted octanol–water partition coefficient (Wildman–Crippen LogP) is 2.29. The molecule has 5 heteroatoms. The maximum absolute atomic E-state index is 11.2. The van der Waals surface area contributed by atoms with Crippen LogP contribution >= 0.6 is 0 Å². The van der Waals surface area contributed by atoms with E-state index in [0.29, 0.717) is 13.0 Å². The molecule has 0 amide bonds. The molecule has 1 unspecified atom stereocenters. The zero-order valence-electron chi connectivity index (χ0n) is 12.3. The zero-order chi connectivity index (χ0) is 15.7. The van der Waals surface area contributed by atoms with Gasteiger partial charge in [0.2, 0.25) is 0 Å². The molecule has 2 aromatic carbocycles. The van der Waals surface area contributed by atoms with Gasteiger partial charge in [0.05, 0.1) is 0 Å². The molecule has 1 atom stereocenters. The summed E-state index contributed by atoms with van der Waals surface area (Å²) in [7, 11) is 1.81. The van der Waals surface area contributed by atoms with E-state index in [-0.39, 0.29) is 0 Å². The Morgan fingerprint density at radius 1 is 1.32 bits per heavy atom. The van der Waals surface area contributed by atoms with Crippen LogP contribution in [0.15, 0.2) is 42.5 Å². The number of nitrogens with two attached hydrogens (primary N) is 1. The predicted molar refractivity (Wildman–Crippen MR) is 85.2 cm³/mol. The summed E-state index contributed by atoms with van der Waals surface area (Å²) in [4.78, 5) is 13.0. The smallest absolute Gasteiger partial charge is 0.326 e. The summed E-state index contributed by atoms with van der Waals surface area (Å²) in [6.07, 6.45) is 0.500. The molecule has 0 radical (unpaired) electrons. The third kappa shape index (κ3) is 2.70. The molecule has 0 saturated heterocycles. The van der Waals surface area contributed by atoms with Crippen LogP contribution in [0.5, 0.6) is 5.75 Å². The van der Waals surface area contributed by atoms with Gasteiger partial charge < -0.3 is 20.5 Å². The van der Waals surface area contributed by atoms with Gasteiger partial charge in [0.25, 0.3) is 0 Å². The molecule has 2 aromatic rings. The number of nitrogen functional groups attached to an aromatic ring is 1. The summed E-state index contributed by atoms with van der Waals surface area (Å²) in [5.41, 5.74) is 9.37. The van der Waals surface area contributed by atoms with Crippen molar-refractivity contribution in [1.29, 1.82) is 0 Å². The van der Waals surface area contributed by atoms with Crippen molar-refractivity contribution in [2.24, 2.45) is 0 Å². The number of ether oxygens (including phenoxy) is 1. The van der Waals surface area contributed by atoms with Gasteiger partial charge in [-0.2, -0.15) is 0 Å². The van der Waals surface area contributed by atoms with Gasteiger partial charge in [-0.1, -0.05) is 12.1 Å². The summed E-state index contributed by atoms with van der Waals surface area (Å²) >= 11 is 0. The van der Waals surface area contributed by atoms with Crippen molar-refractivity contribution in [2.45, 2.75) is 19.1 Å². The van der Waals surface area contributed by atoms with Gasteiger partial charge >= 0.3 is 5.97 Å². The molecule has 1 aliphatic heterocycles. The molecule has 0 aliphatic carbocycles. The van der Waals surface area contributed by atoms with E-state index in [9.17, 15) is 9.90 Å². The van der Waals surface area contributed by atoms with Crippen molar-refractivity contribution in [3.63, 3.8) is 0 Å². The minimum atomic E-state index is -0.803. The third-order valence-electron chi connectivity index (χ3n) is 3.98. The summed E-state index contributed by atoms with van der Waals surface area (Å²) in [6, 6.07) is 12.7. The highest BCUT2D eigenvalue weighted by Gasteiger charge is 2.31. The van der Waals surface area contributed by atoms with Crippen molar-refractivity contribution in [3.05, 3.63) is 53.6 Å². The average molecular weight is 298 g/mol. The van der Waals surface area contributed by atoms with Gasteiger partial charge in [-0.3, -0.25) is 0 Å². The number of fused-ring (bicyclic) bond motifs is 1. The first kappa shape index (κ1) is 14.3. The third-order valence-corrected chi connectivity index (χ3v) is 3.98. The number of carboxylic acid groups (broad SMARTS) is 1. The van der Waals surface area contributed by atoms with Gasteiger partial charge in [0.1, 0.15) is 18.4 Å². The first-order chi connectivity index (χ1) is 10.5. The van der Waals surface area contributed by atoms with Gasteiger partial charge in [-0.15, -0.1) is 0 Å². The SMILES string of the molecule is CN1c2ccc(OCc3ccc(N)cc3)cc2CC1C(=O)O. The number of carboxylic acids is 1. The standard InChI is InChI=1S/C17H18N2O3/c1-19-15-7-6-14(8-12(15)9-16(19)17(20)21)22-10-11-2-4-13(18)5-3-11/h2-8,16H,9-10,18H2,1H3,(H,20,21). The van der Waals surface area contributed by atoms with E-state index in [4.69, 9.17) is 10.5 Å². The molecule has 0 bridgehead atoms. The molecule has 0 spiro atoms. The summed E-state index contributed by atoms with van der Waals surface area (Å²) in [5, 5.41) is 9.22. The largest absolute Gasteiger partial charge is 0.489 e. The van der Waals surface area contributed by atoms with Crippen molar-refractivity contribution >= 4 is 17.3 Å². The minimum Gasteiger partial charge on any atom is -0.489 e. The topological polar surface area (TPSA) is 75.8 Å². The Bertz CT molecular complexity index is 698. The molecular weight excluding hydrogens is 280 g/mol. The normalized spacial score (nSPS) is 16.4. The second-order valence-corrected chi connectivity index (χ2v) is 5.49. The van der Waals surface area contributed by atoms with Gasteiger partial charge in [0.15, 0.2) is 0 Å². The number of aliphatic carboxylic acids is 1. The highest BCUT2D eigenvalue weighted by Crippen LogP contribution is 2.33. The average Bonchev–Trinajstić information content (AvgIpc) is 2.84. The molecule has 114 valence electrons. The summed E-state index contributed by atoms with van der Waals surface area (Å²) < 4.78 is 5.78. The number of rotatable bonds is 4. The molecular formula is C17H18N2O3. The number of nitrogens with zero attached hydrogens (tertiary/aromatic N) is 1. The van der Waals surface area contributed by atoms with Crippen LogP contribution in [0.1, 0.15) is 11.1 Å². The fourth-order valence-corrected chi connectivity index (χ4v) is 2.71. The van der Waals surface area contributed by atoms with Crippen molar-refractivity contribution in [2.75, 3.05) is 17.7 Å². The summed E-state index contributed by atoms with van der Waals surface area (Å²) in [5.74, 6) is -0.0574. The van der Waals surface area contributed by atoms with E-state index in [1.807, 2.05) is 42.5 Å². The Labute approximate surface area is 128 Å². The molecule has 0 saturated carbocycles. The van der Waals surface area contributed by atoms with Crippen LogP contribution in [-0.2, 0) is 17.8 Å². The van der Waals surface area contributed by atoms with E-state index >= 15 is 0 Å². The molecule has 0 aromatic heterocycles. The highest BCUT2D eigenvalue weighted by atomic mass is 16.5. The molecule has 3 rings (SSSR count). The fraction of sp³-hybridized carbons (Fsp3) is 0.235. The van der Waals surface area contributed by atoms with Gasteiger partial charge in [0, 0.05) is 24.8 Å². The Morgan fingerprint density at radius 2 is 2.05 bits per heavy atom. The number of hydrogen-bond donors (Lipinski definition) is 2. The lowest BCUT2D eigenvalue weighted by Crippen LogP contribution is -2.35. The van der Waals surface area contributed by atoms with E-state index in [1.165, 1.54) is 0 Å². The van der Waals surface area contributed by atoms with E-state index in [2.05, 4.69) is 0 Å². The second kappa shape index (κ2) is 5.60.